The summed E-state index contributed by atoms with van der Waals surface area (Å²) in [6.45, 7) is 3.84. The monoisotopic (exact) mass is 496 g/mol. The summed E-state index contributed by atoms with van der Waals surface area (Å²) in [4.78, 5) is 6.81. The Morgan fingerprint density at radius 2 is 1.75 bits per heavy atom. The van der Waals surface area contributed by atoms with E-state index in [1.54, 1.807) is 13.1 Å². The summed E-state index contributed by atoms with van der Waals surface area (Å²) >= 11 is 0. The Labute approximate surface area is 184 Å². The van der Waals surface area contributed by atoms with E-state index >= 15 is 0 Å². The van der Waals surface area contributed by atoms with Crippen molar-refractivity contribution in [3.05, 3.63) is 71.5 Å². The van der Waals surface area contributed by atoms with Gasteiger partial charge in [-0.3, -0.25) is 9.89 Å². The normalized spacial score (nSPS) is 15.7. The smallest absolute Gasteiger partial charge is 0.191 e. The number of guanidine groups is 1. The van der Waals surface area contributed by atoms with Crippen LogP contribution in [0.3, 0.4) is 0 Å². The standard InChI is InChI=1S/C22H29FN4.HI/c1-24-22(25-14-11-19-9-5-6-10-21(19)23)26-20-12-15-27(16-13-20)17-18-7-3-2-4-8-18;/h2-10,20H,11-17H2,1H3,(H2,24,25,26);1H. The van der Waals surface area contributed by atoms with Crippen molar-refractivity contribution < 1.29 is 4.39 Å². The lowest BCUT2D eigenvalue weighted by atomic mass is 10.0. The molecular formula is C22H30FIN4. The van der Waals surface area contributed by atoms with Gasteiger partial charge >= 0.3 is 0 Å². The Morgan fingerprint density at radius 1 is 1.07 bits per heavy atom. The third kappa shape index (κ3) is 7.05. The summed E-state index contributed by atoms with van der Waals surface area (Å²) in [6, 6.07) is 18.0. The van der Waals surface area contributed by atoms with Crippen molar-refractivity contribution in [2.24, 2.45) is 4.99 Å². The summed E-state index contributed by atoms with van der Waals surface area (Å²) in [5.41, 5.74) is 2.10. The van der Waals surface area contributed by atoms with Crippen LogP contribution in [0.5, 0.6) is 0 Å². The maximum atomic E-state index is 13.7. The molecule has 0 aliphatic carbocycles. The molecule has 2 N–H and O–H groups in total. The average molecular weight is 496 g/mol. The molecule has 1 saturated heterocycles. The van der Waals surface area contributed by atoms with Crippen LogP contribution < -0.4 is 10.6 Å². The zero-order valence-corrected chi connectivity index (χ0v) is 18.7. The average Bonchev–Trinajstić information content (AvgIpc) is 2.71. The van der Waals surface area contributed by atoms with Gasteiger partial charge in [0.25, 0.3) is 0 Å². The molecule has 0 aromatic heterocycles. The van der Waals surface area contributed by atoms with Gasteiger partial charge in [-0.1, -0.05) is 48.5 Å². The highest BCUT2D eigenvalue weighted by atomic mass is 127. The highest BCUT2D eigenvalue weighted by Gasteiger charge is 2.20. The van der Waals surface area contributed by atoms with Crippen molar-refractivity contribution in [1.82, 2.24) is 15.5 Å². The first kappa shape index (κ1) is 22.6. The highest BCUT2D eigenvalue weighted by Crippen LogP contribution is 2.14. The van der Waals surface area contributed by atoms with E-state index in [1.165, 1.54) is 11.6 Å². The first-order chi connectivity index (χ1) is 13.2. The fraction of sp³-hybridized carbons (Fsp3) is 0.409. The zero-order valence-electron chi connectivity index (χ0n) is 16.4. The number of halogens is 2. The molecule has 4 nitrogen and oxygen atoms in total. The van der Waals surface area contributed by atoms with Crippen LogP contribution in [-0.2, 0) is 13.0 Å². The second kappa shape index (κ2) is 12.0. The molecular weight excluding hydrogens is 466 g/mol. The summed E-state index contributed by atoms with van der Waals surface area (Å²) in [7, 11) is 1.78. The summed E-state index contributed by atoms with van der Waals surface area (Å²) < 4.78 is 13.7. The molecule has 0 saturated carbocycles. The van der Waals surface area contributed by atoms with Crippen LogP contribution in [-0.4, -0.2) is 43.6 Å². The van der Waals surface area contributed by atoms with Gasteiger partial charge in [-0.15, -0.1) is 24.0 Å². The molecule has 2 aromatic carbocycles. The summed E-state index contributed by atoms with van der Waals surface area (Å²) in [6.07, 6.45) is 2.84. The van der Waals surface area contributed by atoms with Gasteiger partial charge in [-0.25, -0.2) is 4.39 Å². The number of likely N-dealkylation sites (tertiary alicyclic amines) is 1. The molecule has 3 rings (SSSR count). The Kier molecular flexibility index (Phi) is 9.70. The lowest BCUT2D eigenvalue weighted by Crippen LogP contribution is -2.48. The summed E-state index contributed by atoms with van der Waals surface area (Å²) in [5.74, 6) is 0.654. The van der Waals surface area contributed by atoms with Gasteiger partial charge in [-0.2, -0.15) is 0 Å². The second-order valence-electron chi connectivity index (χ2n) is 7.02. The van der Waals surface area contributed by atoms with Gasteiger partial charge in [0.15, 0.2) is 5.96 Å². The van der Waals surface area contributed by atoms with Crippen molar-refractivity contribution in [2.75, 3.05) is 26.7 Å². The van der Waals surface area contributed by atoms with Crippen LogP contribution in [0.4, 0.5) is 4.39 Å². The summed E-state index contributed by atoms with van der Waals surface area (Å²) in [5, 5.41) is 6.81. The molecule has 6 heteroatoms. The number of nitrogens with one attached hydrogen (secondary N) is 2. The van der Waals surface area contributed by atoms with Gasteiger partial charge in [-0.05, 0) is 36.5 Å². The number of rotatable bonds is 6. The number of aliphatic imine (C=N–C) groups is 1. The molecule has 1 aliphatic rings. The van der Waals surface area contributed by atoms with Gasteiger partial charge in [0.1, 0.15) is 5.82 Å². The molecule has 152 valence electrons. The molecule has 0 unspecified atom stereocenters. The second-order valence-corrected chi connectivity index (χ2v) is 7.02. The van der Waals surface area contributed by atoms with Crippen LogP contribution in [0.25, 0.3) is 0 Å². The minimum Gasteiger partial charge on any atom is -0.356 e. The van der Waals surface area contributed by atoms with E-state index in [-0.39, 0.29) is 29.8 Å². The Balaban J connectivity index is 0.00000280. The van der Waals surface area contributed by atoms with Crippen molar-refractivity contribution in [1.29, 1.82) is 0 Å². The first-order valence-corrected chi connectivity index (χ1v) is 9.71. The van der Waals surface area contributed by atoms with E-state index < -0.39 is 0 Å². The van der Waals surface area contributed by atoms with Crippen molar-refractivity contribution in [3.63, 3.8) is 0 Å². The van der Waals surface area contributed by atoms with Crippen molar-refractivity contribution >= 4 is 29.9 Å². The van der Waals surface area contributed by atoms with E-state index in [0.717, 1.165) is 44.0 Å². The van der Waals surface area contributed by atoms with Gasteiger partial charge in [0.2, 0.25) is 0 Å². The lowest BCUT2D eigenvalue weighted by molar-refractivity contribution is 0.198. The third-order valence-corrected chi connectivity index (χ3v) is 5.05. The Hall–Kier alpha value is -1.67. The number of piperidine rings is 1. The minimum atomic E-state index is -0.145. The fourth-order valence-corrected chi connectivity index (χ4v) is 3.48. The molecule has 1 fully saturated rings. The van der Waals surface area contributed by atoms with E-state index in [0.29, 0.717) is 19.0 Å². The van der Waals surface area contributed by atoms with Gasteiger partial charge in [0.05, 0.1) is 0 Å². The predicted octanol–water partition coefficient (Wildman–Crippen LogP) is 3.82. The van der Waals surface area contributed by atoms with Crippen LogP contribution >= 0.6 is 24.0 Å². The SMILES string of the molecule is CN=C(NCCc1ccccc1F)NC1CCN(Cc2ccccc2)CC1.I. The molecule has 0 bridgehead atoms. The van der Waals surface area contributed by atoms with Crippen LogP contribution in [0.1, 0.15) is 24.0 Å². The topological polar surface area (TPSA) is 39.7 Å². The maximum absolute atomic E-state index is 13.7. The molecule has 1 aliphatic heterocycles. The largest absolute Gasteiger partial charge is 0.356 e. The molecule has 0 amide bonds. The van der Waals surface area contributed by atoms with Crippen LogP contribution in [0, 0.1) is 5.82 Å². The highest BCUT2D eigenvalue weighted by molar-refractivity contribution is 14.0. The molecule has 2 aromatic rings. The number of nitrogens with zero attached hydrogens (tertiary/aromatic N) is 2. The maximum Gasteiger partial charge on any atom is 0.191 e. The third-order valence-electron chi connectivity index (χ3n) is 5.05. The van der Waals surface area contributed by atoms with Crippen LogP contribution in [0.15, 0.2) is 59.6 Å². The Morgan fingerprint density at radius 3 is 2.43 bits per heavy atom. The van der Waals surface area contributed by atoms with Crippen LogP contribution in [0.2, 0.25) is 0 Å². The number of hydrogen-bond donors (Lipinski definition) is 2. The molecule has 0 spiro atoms. The fourth-order valence-electron chi connectivity index (χ4n) is 3.48. The molecule has 28 heavy (non-hydrogen) atoms. The molecule has 1 heterocycles. The van der Waals surface area contributed by atoms with Crippen molar-refractivity contribution in [3.8, 4) is 0 Å². The molecule has 0 radical (unpaired) electrons. The number of hydrogen-bond acceptors (Lipinski definition) is 2. The van der Waals surface area contributed by atoms with E-state index in [9.17, 15) is 4.39 Å². The Bertz CT molecular complexity index is 730. The van der Waals surface area contributed by atoms with Crippen molar-refractivity contribution in [2.45, 2.75) is 31.8 Å². The lowest BCUT2D eigenvalue weighted by Gasteiger charge is -2.33. The van der Waals surface area contributed by atoms with E-state index in [2.05, 4.69) is 50.9 Å². The first-order valence-electron chi connectivity index (χ1n) is 9.71. The van der Waals surface area contributed by atoms with Gasteiger partial charge < -0.3 is 10.6 Å². The minimum absolute atomic E-state index is 0. The molecule has 0 atom stereocenters. The quantitative estimate of drug-likeness (QED) is 0.363. The van der Waals surface area contributed by atoms with E-state index in [4.69, 9.17) is 0 Å². The predicted molar refractivity (Wildman–Crippen MR) is 125 cm³/mol. The number of benzene rings is 2. The van der Waals surface area contributed by atoms with E-state index in [1.807, 2.05) is 12.1 Å². The zero-order chi connectivity index (χ0) is 18.9. The van der Waals surface area contributed by atoms with Gasteiger partial charge in [0, 0.05) is 39.3 Å².